The molecule has 216 valence electrons. The molecule has 2 heterocycles. The molecule has 2 aliphatic rings. The molecular formula is C32H42Cl4O3. The lowest BCUT2D eigenvalue weighted by molar-refractivity contribution is -0.228. The van der Waals surface area contributed by atoms with E-state index in [1.807, 2.05) is 0 Å². The van der Waals surface area contributed by atoms with Crippen molar-refractivity contribution in [3.63, 3.8) is 0 Å². The van der Waals surface area contributed by atoms with Crippen LogP contribution in [0, 0.1) is 25.7 Å². The lowest BCUT2D eigenvalue weighted by Gasteiger charge is -2.40. The van der Waals surface area contributed by atoms with Crippen LogP contribution in [-0.4, -0.2) is 23.5 Å². The van der Waals surface area contributed by atoms with Crippen molar-refractivity contribution in [3.8, 4) is 11.5 Å². The molecule has 0 saturated carbocycles. The van der Waals surface area contributed by atoms with E-state index < -0.39 is 12.6 Å². The third-order valence-electron chi connectivity index (χ3n) is 8.70. The second-order valence-corrected chi connectivity index (χ2v) is 12.8. The molecule has 6 unspecified atom stereocenters. The van der Waals surface area contributed by atoms with Crippen molar-refractivity contribution < 1.29 is 14.2 Å². The number of alkyl halides is 4. The van der Waals surface area contributed by atoms with Gasteiger partial charge in [0.2, 0.25) is 12.6 Å². The summed E-state index contributed by atoms with van der Waals surface area (Å²) in [5, 5.41) is 0. The maximum atomic E-state index is 6.55. The lowest BCUT2D eigenvalue weighted by atomic mass is 9.81. The van der Waals surface area contributed by atoms with Crippen LogP contribution < -0.4 is 9.47 Å². The Labute approximate surface area is 254 Å². The third-order valence-corrected chi connectivity index (χ3v) is 9.67. The largest absolute Gasteiger partial charge is 0.459 e. The molecule has 0 aliphatic carbocycles. The monoisotopic (exact) mass is 614 g/mol. The van der Waals surface area contributed by atoms with E-state index >= 15 is 0 Å². The van der Waals surface area contributed by atoms with Gasteiger partial charge in [-0.15, -0.1) is 46.4 Å². The highest BCUT2D eigenvalue weighted by molar-refractivity contribution is 6.18. The Balaban J connectivity index is 1.62. The predicted octanol–water partition coefficient (Wildman–Crippen LogP) is 10.5. The number of ether oxygens (including phenoxy) is 3. The number of hydrogen-bond donors (Lipinski definition) is 0. The first-order chi connectivity index (χ1) is 18.8. The van der Waals surface area contributed by atoms with Crippen molar-refractivity contribution in [1.82, 2.24) is 0 Å². The second-order valence-electron chi connectivity index (χ2n) is 11.3. The Kier molecular flexibility index (Phi) is 11.5. The Morgan fingerprint density at radius 2 is 1.03 bits per heavy atom. The normalized spacial score (nSPS) is 20.7. The molecule has 0 aromatic heterocycles. The molecule has 2 aromatic rings. The highest BCUT2D eigenvalue weighted by Crippen LogP contribution is 2.51. The summed E-state index contributed by atoms with van der Waals surface area (Å²) in [6, 6.07) is 8.93. The minimum Gasteiger partial charge on any atom is -0.459 e. The van der Waals surface area contributed by atoms with Gasteiger partial charge in [-0.05, 0) is 110 Å². The van der Waals surface area contributed by atoms with Crippen LogP contribution in [0.5, 0.6) is 11.5 Å². The van der Waals surface area contributed by atoms with Crippen LogP contribution in [0.25, 0.3) is 0 Å². The van der Waals surface area contributed by atoms with Crippen molar-refractivity contribution in [3.05, 3.63) is 57.6 Å². The van der Waals surface area contributed by atoms with Crippen LogP contribution in [0.1, 0.15) is 110 Å². The summed E-state index contributed by atoms with van der Waals surface area (Å²) >= 11 is 24.4. The number of halogens is 4. The van der Waals surface area contributed by atoms with E-state index in [1.165, 1.54) is 11.1 Å². The first-order valence-electron chi connectivity index (χ1n) is 14.3. The van der Waals surface area contributed by atoms with Gasteiger partial charge in [-0.2, -0.15) is 0 Å². The minimum atomic E-state index is -0.499. The summed E-state index contributed by atoms with van der Waals surface area (Å²) in [6.07, 6.45) is 5.05. The van der Waals surface area contributed by atoms with Crippen LogP contribution in [0.15, 0.2) is 24.3 Å². The third kappa shape index (κ3) is 6.97. The second kappa shape index (κ2) is 14.4. The maximum Gasteiger partial charge on any atom is 0.233 e. The van der Waals surface area contributed by atoms with Gasteiger partial charge in [0, 0.05) is 23.5 Å². The summed E-state index contributed by atoms with van der Waals surface area (Å²) in [4.78, 5) is 0. The first kappa shape index (κ1) is 31.1. The molecule has 39 heavy (non-hydrogen) atoms. The molecule has 2 aliphatic heterocycles. The molecule has 2 aromatic carbocycles. The molecule has 0 fully saturated rings. The molecule has 0 N–H and O–H groups in total. The number of rotatable bonds is 14. The molecule has 0 spiro atoms. The zero-order chi connectivity index (χ0) is 28.1. The van der Waals surface area contributed by atoms with Gasteiger partial charge < -0.3 is 9.47 Å². The standard InChI is InChI=1S/C32H42Cl4O3/c1-19-15-25(21(3)23(9-13-35)7-5-11-33)17-27-29(19)37-32-28-18-26(16-20(2)30(28)38-31(27)39-32)22(4)24(10-14-36)8-6-12-34/h15-18,21-24,31-32H,5-14H2,1-4H3. The van der Waals surface area contributed by atoms with Crippen molar-refractivity contribution in [2.45, 2.75) is 90.6 Å². The minimum absolute atomic E-state index is 0.343. The fraction of sp³-hybridized carbons (Fsp3) is 0.625. The summed E-state index contributed by atoms with van der Waals surface area (Å²) < 4.78 is 19.5. The summed E-state index contributed by atoms with van der Waals surface area (Å²) in [5.74, 6) is 6.01. The Bertz CT molecular complexity index is 1020. The van der Waals surface area contributed by atoms with Gasteiger partial charge in [-0.1, -0.05) is 26.0 Å². The number of aryl methyl sites for hydroxylation is 2. The van der Waals surface area contributed by atoms with Gasteiger partial charge in [-0.3, -0.25) is 4.74 Å². The van der Waals surface area contributed by atoms with Crippen molar-refractivity contribution >= 4 is 46.4 Å². The molecule has 3 nitrogen and oxygen atoms in total. The number of benzene rings is 2. The SMILES string of the molecule is Cc1cc(C(C)C(CCCl)CCCCl)cc2c1OC1OC2Oc2c(C)cc(C(C)C(CCCl)CCCCl)cc21. The van der Waals surface area contributed by atoms with E-state index in [9.17, 15) is 0 Å². The van der Waals surface area contributed by atoms with Gasteiger partial charge in [0.1, 0.15) is 11.5 Å². The Morgan fingerprint density at radius 1 is 0.615 bits per heavy atom. The summed E-state index contributed by atoms with van der Waals surface area (Å²) in [7, 11) is 0. The summed E-state index contributed by atoms with van der Waals surface area (Å²) in [5.41, 5.74) is 6.65. The fourth-order valence-electron chi connectivity index (χ4n) is 6.31. The average Bonchev–Trinajstić information content (AvgIpc) is 2.93. The van der Waals surface area contributed by atoms with E-state index in [-0.39, 0.29) is 0 Å². The lowest BCUT2D eigenvalue weighted by Crippen LogP contribution is -2.31. The Hall–Kier alpha value is -0.840. The van der Waals surface area contributed by atoms with Gasteiger partial charge in [0.15, 0.2) is 0 Å². The molecule has 0 saturated heterocycles. The van der Waals surface area contributed by atoms with Crippen LogP contribution >= 0.6 is 46.4 Å². The maximum absolute atomic E-state index is 6.55. The zero-order valence-electron chi connectivity index (χ0n) is 23.6. The van der Waals surface area contributed by atoms with E-state index in [4.69, 9.17) is 60.6 Å². The number of hydrogen-bond acceptors (Lipinski definition) is 3. The molecule has 0 radical (unpaired) electrons. The van der Waals surface area contributed by atoms with Gasteiger partial charge in [-0.25, -0.2) is 0 Å². The molecule has 7 heteroatoms. The zero-order valence-corrected chi connectivity index (χ0v) is 26.6. The van der Waals surface area contributed by atoms with E-state index in [0.717, 1.165) is 72.3 Å². The van der Waals surface area contributed by atoms with Gasteiger partial charge in [0.05, 0.1) is 11.1 Å². The average molecular weight is 616 g/mol. The molecule has 2 bridgehead atoms. The fourth-order valence-corrected chi connectivity index (χ4v) is 7.17. The van der Waals surface area contributed by atoms with Crippen LogP contribution in [0.4, 0.5) is 0 Å². The first-order valence-corrected chi connectivity index (χ1v) is 16.5. The topological polar surface area (TPSA) is 27.7 Å². The van der Waals surface area contributed by atoms with Crippen molar-refractivity contribution in [2.24, 2.45) is 11.8 Å². The van der Waals surface area contributed by atoms with Crippen LogP contribution in [0.2, 0.25) is 0 Å². The highest BCUT2D eigenvalue weighted by atomic mass is 35.5. The summed E-state index contributed by atoms with van der Waals surface area (Å²) in [6.45, 7) is 8.80. The van der Waals surface area contributed by atoms with E-state index in [0.29, 0.717) is 47.2 Å². The van der Waals surface area contributed by atoms with E-state index in [1.54, 1.807) is 0 Å². The highest BCUT2D eigenvalue weighted by Gasteiger charge is 2.40. The Morgan fingerprint density at radius 3 is 1.38 bits per heavy atom. The molecular weight excluding hydrogens is 574 g/mol. The number of fused-ring (bicyclic) bond motifs is 6. The molecule has 0 amide bonds. The molecule has 4 rings (SSSR count). The van der Waals surface area contributed by atoms with Gasteiger partial charge in [0.25, 0.3) is 0 Å². The van der Waals surface area contributed by atoms with Crippen LogP contribution in [0.3, 0.4) is 0 Å². The smallest absolute Gasteiger partial charge is 0.233 e. The van der Waals surface area contributed by atoms with Crippen LogP contribution in [-0.2, 0) is 4.74 Å². The van der Waals surface area contributed by atoms with Crippen molar-refractivity contribution in [2.75, 3.05) is 23.5 Å². The van der Waals surface area contributed by atoms with Crippen molar-refractivity contribution in [1.29, 1.82) is 0 Å². The molecule has 6 atom stereocenters. The quantitative estimate of drug-likeness (QED) is 0.198. The van der Waals surface area contributed by atoms with E-state index in [2.05, 4.69) is 52.0 Å². The predicted molar refractivity (Wildman–Crippen MR) is 165 cm³/mol. The van der Waals surface area contributed by atoms with Gasteiger partial charge >= 0.3 is 0 Å².